The summed E-state index contributed by atoms with van der Waals surface area (Å²) in [6.07, 6.45) is 2.87. The van der Waals surface area contributed by atoms with Gasteiger partial charge in [-0.15, -0.1) is 0 Å². The average Bonchev–Trinajstić information content (AvgIpc) is 3.26. The Morgan fingerprint density at radius 3 is 2.10 bits per heavy atom. The fourth-order valence-corrected chi connectivity index (χ4v) is 3.57. The van der Waals surface area contributed by atoms with Gasteiger partial charge in [-0.2, -0.15) is 5.10 Å². The number of benzene rings is 3. The summed E-state index contributed by atoms with van der Waals surface area (Å²) in [5.74, 6) is 0. The van der Waals surface area contributed by atoms with E-state index in [4.69, 9.17) is 39.5 Å². The Morgan fingerprint density at radius 1 is 0.828 bits per heavy atom. The standard InChI is InChI=1S/C22H16Cl3N3O/c23-18-6-1-15(2-7-18)22(29-12-17-3-8-19(24)11-21(17)25)16-4-9-20(10-5-16)28-14-26-13-27-28/h1-11,13-14,22H,12H2. The molecule has 29 heavy (non-hydrogen) atoms. The summed E-state index contributed by atoms with van der Waals surface area (Å²) in [5.41, 5.74) is 3.78. The first-order valence-corrected chi connectivity index (χ1v) is 9.99. The van der Waals surface area contributed by atoms with Gasteiger partial charge in [0.1, 0.15) is 18.8 Å². The Balaban J connectivity index is 1.62. The van der Waals surface area contributed by atoms with Gasteiger partial charge in [0, 0.05) is 15.1 Å². The van der Waals surface area contributed by atoms with E-state index in [-0.39, 0.29) is 6.10 Å². The van der Waals surface area contributed by atoms with Crippen molar-refractivity contribution in [1.29, 1.82) is 0 Å². The highest BCUT2D eigenvalue weighted by molar-refractivity contribution is 6.35. The molecule has 0 aliphatic heterocycles. The lowest BCUT2D eigenvalue weighted by atomic mass is 10.0. The van der Waals surface area contributed by atoms with Crippen molar-refractivity contribution in [3.05, 3.63) is 111 Å². The van der Waals surface area contributed by atoms with Crippen molar-refractivity contribution in [1.82, 2.24) is 14.8 Å². The van der Waals surface area contributed by atoms with Gasteiger partial charge in [-0.3, -0.25) is 0 Å². The molecule has 1 atom stereocenters. The van der Waals surface area contributed by atoms with Gasteiger partial charge in [0.05, 0.1) is 12.3 Å². The summed E-state index contributed by atoms with van der Waals surface area (Å²) in [7, 11) is 0. The molecule has 3 aromatic carbocycles. The van der Waals surface area contributed by atoms with Crippen LogP contribution >= 0.6 is 34.8 Å². The molecule has 0 aliphatic rings. The van der Waals surface area contributed by atoms with E-state index in [1.165, 1.54) is 6.33 Å². The largest absolute Gasteiger partial charge is 0.364 e. The molecular formula is C22H16Cl3N3O. The first kappa shape index (κ1) is 19.9. The summed E-state index contributed by atoms with van der Waals surface area (Å²) >= 11 is 18.4. The Morgan fingerprint density at radius 2 is 1.48 bits per heavy atom. The van der Waals surface area contributed by atoms with Gasteiger partial charge >= 0.3 is 0 Å². The van der Waals surface area contributed by atoms with Crippen LogP contribution < -0.4 is 0 Å². The Kier molecular flexibility index (Phi) is 6.16. The normalized spacial score (nSPS) is 12.1. The van der Waals surface area contributed by atoms with E-state index >= 15 is 0 Å². The lowest BCUT2D eigenvalue weighted by Crippen LogP contribution is -2.07. The molecule has 0 spiro atoms. The van der Waals surface area contributed by atoms with Crippen molar-refractivity contribution in [2.24, 2.45) is 0 Å². The van der Waals surface area contributed by atoms with Crippen LogP contribution in [-0.2, 0) is 11.3 Å². The van der Waals surface area contributed by atoms with Crippen LogP contribution in [0.2, 0.25) is 15.1 Å². The monoisotopic (exact) mass is 443 g/mol. The van der Waals surface area contributed by atoms with Crippen LogP contribution in [0.5, 0.6) is 0 Å². The fourth-order valence-electron chi connectivity index (χ4n) is 2.98. The predicted octanol–water partition coefficient (Wildman–Crippen LogP) is 6.53. The summed E-state index contributed by atoms with van der Waals surface area (Å²) in [6.45, 7) is 0.341. The minimum absolute atomic E-state index is 0.288. The predicted molar refractivity (Wildman–Crippen MR) is 116 cm³/mol. The maximum atomic E-state index is 6.31. The molecule has 146 valence electrons. The maximum absolute atomic E-state index is 6.31. The zero-order chi connectivity index (χ0) is 20.2. The highest BCUT2D eigenvalue weighted by Crippen LogP contribution is 2.30. The molecule has 1 heterocycles. The molecule has 7 heteroatoms. The third kappa shape index (κ3) is 4.80. The third-order valence-corrected chi connectivity index (χ3v) is 5.31. The molecule has 0 amide bonds. The fraction of sp³-hybridized carbons (Fsp3) is 0.0909. The molecule has 0 fully saturated rings. The van der Waals surface area contributed by atoms with Gasteiger partial charge in [0.15, 0.2) is 0 Å². The highest BCUT2D eigenvalue weighted by Gasteiger charge is 2.16. The Bertz CT molecular complexity index is 1080. The number of hydrogen-bond donors (Lipinski definition) is 0. The van der Waals surface area contributed by atoms with Crippen molar-refractivity contribution in [2.75, 3.05) is 0 Å². The van der Waals surface area contributed by atoms with Gasteiger partial charge in [-0.25, -0.2) is 9.67 Å². The zero-order valence-electron chi connectivity index (χ0n) is 15.2. The summed E-state index contributed by atoms with van der Waals surface area (Å²) in [4.78, 5) is 3.98. The first-order chi connectivity index (χ1) is 14.1. The van der Waals surface area contributed by atoms with Crippen LogP contribution in [0.1, 0.15) is 22.8 Å². The molecule has 4 rings (SSSR count). The minimum Gasteiger partial charge on any atom is -0.364 e. The molecule has 4 nitrogen and oxygen atoms in total. The number of rotatable bonds is 6. The van der Waals surface area contributed by atoms with Crippen LogP contribution in [0.25, 0.3) is 5.69 Å². The van der Waals surface area contributed by atoms with Crippen LogP contribution in [-0.4, -0.2) is 14.8 Å². The molecule has 0 saturated carbocycles. The lowest BCUT2D eigenvalue weighted by Gasteiger charge is -2.20. The molecule has 0 N–H and O–H groups in total. The van der Waals surface area contributed by atoms with E-state index in [0.717, 1.165) is 22.4 Å². The summed E-state index contributed by atoms with van der Waals surface area (Å²) in [6, 6.07) is 21.0. The Labute approximate surface area is 183 Å². The van der Waals surface area contributed by atoms with Gasteiger partial charge in [0.25, 0.3) is 0 Å². The van der Waals surface area contributed by atoms with E-state index in [0.29, 0.717) is 21.7 Å². The van der Waals surface area contributed by atoms with Gasteiger partial charge in [-0.05, 0) is 53.1 Å². The zero-order valence-corrected chi connectivity index (χ0v) is 17.4. The second kappa shape index (κ2) is 8.97. The third-order valence-electron chi connectivity index (χ3n) is 4.47. The molecule has 0 aliphatic carbocycles. The number of nitrogens with zero attached hydrogens (tertiary/aromatic N) is 3. The Hall–Kier alpha value is -2.37. The number of halogens is 3. The number of hydrogen-bond acceptors (Lipinski definition) is 3. The first-order valence-electron chi connectivity index (χ1n) is 8.86. The molecule has 1 aromatic heterocycles. The SMILES string of the molecule is Clc1ccc(C(OCc2ccc(Cl)cc2Cl)c2ccc(-n3cncn3)cc2)cc1. The van der Waals surface area contributed by atoms with Crippen LogP contribution in [0.3, 0.4) is 0 Å². The highest BCUT2D eigenvalue weighted by atomic mass is 35.5. The van der Waals surface area contributed by atoms with Crippen molar-refractivity contribution in [3.8, 4) is 5.69 Å². The lowest BCUT2D eigenvalue weighted by molar-refractivity contribution is 0.0668. The smallest absolute Gasteiger partial charge is 0.138 e. The van der Waals surface area contributed by atoms with Crippen LogP contribution in [0, 0.1) is 0 Å². The van der Waals surface area contributed by atoms with Gasteiger partial charge in [-0.1, -0.05) is 65.1 Å². The van der Waals surface area contributed by atoms with Gasteiger partial charge in [0.2, 0.25) is 0 Å². The molecule has 1 unspecified atom stereocenters. The van der Waals surface area contributed by atoms with Crippen molar-refractivity contribution in [2.45, 2.75) is 12.7 Å². The van der Waals surface area contributed by atoms with Crippen LogP contribution in [0.4, 0.5) is 0 Å². The maximum Gasteiger partial charge on any atom is 0.138 e. The minimum atomic E-state index is -0.288. The number of aromatic nitrogens is 3. The average molecular weight is 445 g/mol. The second-order valence-electron chi connectivity index (χ2n) is 6.41. The topological polar surface area (TPSA) is 39.9 Å². The van der Waals surface area contributed by atoms with E-state index in [1.807, 2.05) is 54.6 Å². The molecule has 0 bridgehead atoms. The van der Waals surface area contributed by atoms with Crippen molar-refractivity contribution >= 4 is 34.8 Å². The number of ether oxygens (including phenoxy) is 1. The molecule has 0 saturated heterocycles. The van der Waals surface area contributed by atoms with Gasteiger partial charge < -0.3 is 4.74 Å². The van der Waals surface area contributed by atoms with E-state index in [1.54, 1.807) is 23.1 Å². The van der Waals surface area contributed by atoms with E-state index in [9.17, 15) is 0 Å². The second-order valence-corrected chi connectivity index (χ2v) is 7.69. The molecule has 4 aromatic rings. The van der Waals surface area contributed by atoms with Crippen LogP contribution in [0.15, 0.2) is 79.4 Å². The molecular weight excluding hydrogens is 429 g/mol. The van der Waals surface area contributed by atoms with Crippen molar-refractivity contribution < 1.29 is 4.74 Å². The summed E-state index contributed by atoms with van der Waals surface area (Å²) in [5, 5.41) is 6.00. The van der Waals surface area contributed by atoms with E-state index < -0.39 is 0 Å². The molecule has 0 radical (unpaired) electrons. The van der Waals surface area contributed by atoms with Crippen molar-refractivity contribution in [3.63, 3.8) is 0 Å². The van der Waals surface area contributed by atoms with E-state index in [2.05, 4.69) is 10.1 Å². The quantitative estimate of drug-likeness (QED) is 0.339. The summed E-state index contributed by atoms with van der Waals surface area (Å²) < 4.78 is 7.99.